The third-order valence-corrected chi connectivity index (χ3v) is 3.99. The Hall–Kier alpha value is -0.890. The van der Waals surface area contributed by atoms with E-state index in [-0.39, 0.29) is 5.82 Å². The van der Waals surface area contributed by atoms with Crippen LogP contribution < -0.4 is 5.32 Å². The molecule has 94 valence electrons. The molecule has 1 aliphatic carbocycles. The minimum Gasteiger partial charge on any atom is -0.312 e. The summed E-state index contributed by atoms with van der Waals surface area (Å²) < 4.78 is 13.1. The van der Waals surface area contributed by atoms with E-state index in [2.05, 4.69) is 12.2 Å². The van der Waals surface area contributed by atoms with Crippen LogP contribution in [-0.2, 0) is 6.54 Å². The van der Waals surface area contributed by atoms with Gasteiger partial charge < -0.3 is 5.32 Å². The number of rotatable bonds is 4. The molecule has 1 N–H and O–H groups in total. The minimum absolute atomic E-state index is 0.139. The number of hydrogen-bond donors (Lipinski definition) is 1. The highest BCUT2D eigenvalue weighted by atomic mass is 19.1. The summed E-state index contributed by atoms with van der Waals surface area (Å²) in [5.74, 6) is -0.139. The first-order valence-electron chi connectivity index (χ1n) is 6.55. The molecule has 0 aliphatic heterocycles. The lowest BCUT2D eigenvalue weighted by Gasteiger charge is -2.24. The highest BCUT2D eigenvalue weighted by Crippen LogP contribution is 2.36. The molecule has 0 amide bonds. The Bertz CT molecular complexity index is 381. The fourth-order valence-corrected chi connectivity index (χ4v) is 2.73. The highest BCUT2D eigenvalue weighted by Gasteiger charge is 2.27. The molecule has 0 heterocycles. The van der Waals surface area contributed by atoms with E-state index < -0.39 is 0 Å². The van der Waals surface area contributed by atoms with Gasteiger partial charge in [-0.1, -0.05) is 25.8 Å². The second kappa shape index (κ2) is 5.18. The van der Waals surface area contributed by atoms with Crippen LogP contribution in [0.1, 0.15) is 43.7 Å². The van der Waals surface area contributed by atoms with Crippen LogP contribution in [0, 0.1) is 18.2 Å². The van der Waals surface area contributed by atoms with Gasteiger partial charge in [-0.3, -0.25) is 0 Å². The molecular weight excluding hydrogens is 213 g/mol. The van der Waals surface area contributed by atoms with Crippen LogP contribution in [0.4, 0.5) is 4.39 Å². The van der Waals surface area contributed by atoms with Gasteiger partial charge in [-0.15, -0.1) is 0 Å². The zero-order chi connectivity index (χ0) is 12.3. The lowest BCUT2D eigenvalue weighted by Crippen LogP contribution is -2.29. The van der Waals surface area contributed by atoms with Crippen molar-refractivity contribution in [2.24, 2.45) is 5.41 Å². The lowest BCUT2D eigenvalue weighted by atomic mass is 9.89. The number of halogens is 1. The number of hydrogen-bond acceptors (Lipinski definition) is 1. The van der Waals surface area contributed by atoms with E-state index in [1.54, 1.807) is 6.07 Å². The number of benzene rings is 1. The zero-order valence-corrected chi connectivity index (χ0v) is 10.9. The Morgan fingerprint density at radius 1 is 1.29 bits per heavy atom. The van der Waals surface area contributed by atoms with Crippen LogP contribution in [0.3, 0.4) is 0 Å². The summed E-state index contributed by atoms with van der Waals surface area (Å²) in [4.78, 5) is 0. The summed E-state index contributed by atoms with van der Waals surface area (Å²) in [6, 6.07) is 5.01. The molecule has 0 bridgehead atoms. The summed E-state index contributed by atoms with van der Waals surface area (Å²) in [5, 5.41) is 3.49. The monoisotopic (exact) mass is 235 g/mol. The summed E-state index contributed by atoms with van der Waals surface area (Å²) >= 11 is 0. The molecule has 0 spiro atoms. The van der Waals surface area contributed by atoms with Crippen LogP contribution in [-0.4, -0.2) is 6.54 Å². The van der Waals surface area contributed by atoms with Crippen molar-refractivity contribution in [1.82, 2.24) is 5.32 Å². The SMILES string of the molecule is Cc1ccc(F)cc1CNCC1(C)CCCC1. The molecule has 0 atom stereocenters. The first kappa shape index (κ1) is 12.6. The predicted molar refractivity (Wildman–Crippen MR) is 69.4 cm³/mol. The molecule has 17 heavy (non-hydrogen) atoms. The molecule has 1 fully saturated rings. The van der Waals surface area contributed by atoms with Gasteiger partial charge in [0.1, 0.15) is 5.82 Å². The van der Waals surface area contributed by atoms with Gasteiger partial charge in [-0.2, -0.15) is 0 Å². The Balaban J connectivity index is 1.87. The molecule has 0 unspecified atom stereocenters. The third kappa shape index (κ3) is 3.29. The molecular formula is C15H22FN. The van der Waals surface area contributed by atoms with Crippen molar-refractivity contribution < 1.29 is 4.39 Å². The van der Waals surface area contributed by atoms with E-state index in [1.165, 1.54) is 31.7 Å². The second-order valence-electron chi connectivity index (χ2n) is 5.69. The number of aryl methyl sites for hydroxylation is 1. The van der Waals surface area contributed by atoms with Gasteiger partial charge in [0.05, 0.1) is 0 Å². The van der Waals surface area contributed by atoms with Gasteiger partial charge in [0.2, 0.25) is 0 Å². The quantitative estimate of drug-likeness (QED) is 0.837. The Morgan fingerprint density at radius 3 is 2.71 bits per heavy atom. The standard InChI is InChI=1S/C15H22FN/c1-12-5-6-14(16)9-13(12)10-17-11-15(2)7-3-4-8-15/h5-6,9,17H,3-4,7-8,10-11H2,1-2H3. The average Bonchev–Trinajstić information content (AvgIpc) is 2.71. The van der Waals surface area contributed by atoms with Crippen LogP contribution in [0.2, 0.25) is 0 Å². The molecule has 1 aromatic rings. The fourth-order valence-electron chi connectivity index (χ4n) is 2.73. The Kier molecular flexibility index (Phi) is 3.82. The van der Waals surface area contributed by atoms with Crippen LogP contribution in [0.15, 0.2) is 18.2 Å². The summed E-state index contributed by atoms with van der Waals surface area (Å²) in [5.41, 5.74) is 2.70. The maximum atomic E-state index is 13.1. The molecule has 1 aromatic carbocycles. The molecule has 2 rings (SSSR count). The van der Waals surface area contributed by atoms with E-state index in [4.69, 9.17) is 0 Å². The van der Waals surface area contributed by atoms with E-state index in [0.717, 1.165) is 24.2 Å². The molecule has 1 saturated carbocycles. The molecule has 2 heteroatoms. The smallest absolute Gasteiger partial charge is 0.123 e. The van der Waals surface area contributed by atoms with E-state index in [0.29, 0.717) is 5.41 Å². The van der Waals surface area contributed by atoms with Crippen molar-refractivity contribution in [1.29, 1.82) is 0 Å². The van der Waals surface area contributed by atoms with Gasteiger partial charge >= 0.3 is 0 Å². The van der Waals surface area contributed by atoms with Crippen molar-refractivity contribution in [2.45, 2.75) is 46.1 Å². The number of nitrogens with one attached hydrogen (secondary N) is 1. The summed E-state index contributed by atoms with van der Waals surface area (Å²) in [7, 11) is 0. The lowest BCUT2D eigenvalue weighted by molar-refractivity contribution is 0.314. The van der Waals surface area contributed by atoms with Gasteiger partial charge in [0.25, 0.3) is 0 Å². The van der Waals surface area contributed by atoms with E-state index >= 15 is 0 Å². The maximum absolute atomic E-state index is 13.1. The largest absolute Gasteiger partial charge is 0.312 e. The van der Waals surface area contributed by atoms with Gasteiger partial charge in [0.15, 0.2) is 0 Å². The van der Waals surface area contributed by atoms with E-state index in [1.807, 2.05) is 13.0 Å². The van der Waals surface area contributed by atoms with Crippen LogP contribution in [0.5, 0.6) is 0 Å². The molecule has 1 aliphatic rings. The topological polar surface area (TPSA) is 12.0 Å². The third-order valence-electron chi connectivity index (χ3n) is 3.99. The van der Waals surface area contributed by atoms with E-state index in [9.17, 15) is 4.39 Å². The van der Waals surface area contributed by atoms with Gasteiger partial charge in [-0.05, 0) is 48.4 Å². The van der Waals surface area contributed by atoms with Crippen molar-refractivity contribution >= 4 is 0 Å². The first-order valence-corrected chi connectivity index (χ1v) is 6.55. The normalized spacial score (nSPS) is 18.5. The highest BCUT2D eigenvalue weighted by molar-refractivity contribution is 5.26. The summed E-state index contributed by atoms with van der Waals surface area (Å²) in [6.45, 7) is 6.21. The van der Waals surface area contributed by atoms with Crippen molar-refractivity contribution in [3.63, 3.8) is 0 Å². The Morgan fingerprint density at radius 2 is 2.00 bits per heavy atom. The molecule has 0 radical (unpaired) electrons. The molecule has 0 saturated heterocycles. The van der Waals surface area contributed by atoms with Crippen molar-refractivity contribution in [3.05, 3.63) is 35.1 Å². The average molecular weight is 235 g/mol. The van der Waals surface area contributed by atoms with Crippen LogP contribution >= 0.6 is 0 Å². The summed E-state index contributed by atoms with van der Waals surface area (Å²) in [6.07, 6.45) is 5.36. The Labute approximate surface area is 103 Å². The zero-order valence-electron chi connectivity index (χ0n) is 10.9. The minimum atomic E-state index is -0.139. The molecule has 0 aromatic heterocycles. The maximum Gasteiger partial charge on any atom is 0.123 e. The molecule has 1 nitrogen and oxygen atoms in total. The first-order chi connectivity index (χ1) is 8.09. The predicted octanol–water partition coefficient (Wildman–Crippen LogP) is 3.80. The van der Waals surface area contributed by atoms with Crippen molar-refractivity contribution in [2.75, 3.05) is 6.54 Å². The van der Waals surface area contributed by atoms with Gasteiger partial charge in [-0.25, -0.2) is 4.39 Å². The van der Waals surface area contributed by atoms with Crippen LogP contribution in [0.25, 0.3) is 0 Å². The fraction of sp³-hybridized carbons (Fsp3) is 0.600. The van der Waals surface area contributed by atoms with Gasteiger partial charge in [0, 0.05) is 13.1 Å². The second-order valence-corrected chi connectivity index (χ2v) is 5.69. The van der Waals surface area contributed by atoms with Crippen molar-refractivity contribution in [3.8, 4) is 0 Å².